The van der Waals surface area contributed by atoms with Crippen molar-refractivity contribution in [2.75, 3.05) is 18.4 Å². The first kappa shape index (κ1) is 19.2. The zero-order chi connectivity index (χ0) is 17.9. The minimum absolute atomic E-state index is 0.220. The van der Waals surface area contributed by atoms with Crippen molar-refractivity contribution in [2.45, 2.75) is 52.2 Å². The van der Waals surface area contributed by atoms with E-state index < -0.39 is 5.60 Å². The van der Waals surface area contributed by atoms with Gasteiger partial charge in [-0.05, 0) is 64.7 Å². The third-order valence-electron chi connectivity index (χ3n) is 4.21. The Morgan fingerprint density at radius 2 is 1.92 bits per heavy atom. The third-order valence-corrected chi connectivity index (χ3v) is 4.76. The van der Waals surface area contributed by atoms with Crippen molar-refractivity contribution in [3.63, 3.8) is 0 Å². The Morgan fingerprint density at radius 3 is 2.46 bits per heavy atom. The lowest BCUT2D eigenvalue weighted by molar-refractivity contribution is 0.0179. The van der Waals surface area contributed by atoms with Crippen LogP contribution in [0.25, 0.3) is 0 Å². The normalized spacial score (nSPS) is 17.5. The highest BCUT2D eigenvalue weighted by atomic mass is 35.5. The van der Waals surface area contributed by atoms with Crippen molar-refractivity contribution in [2.24, 2.45) is 5.92 Å². The van der Waals surface area contributed by atoms with Crippen molar-refractivity contribution in [1.82, 2.24) is 4.90 Å². The molecule has 1 aromatic carbocycles. The molecule has 134 valence electrons. The summed E-state index contributed by atoms with van der Waals surface area (Å²) in [5.74, 6) is 0.482. The molecule has 1 amide bonds. The number of ether oxygens (including phenoxy) is 1. The van der Waals surface area contributed by atoms with Crippen LogP contribution in [0.1, 0.15) is 40.5 Å². The maximum absolute atomic E-state index is 12.1. The molecule has 1 atom stereocenters. The largest absolute Gasteiger partial charge is 0.444 e. The average molecular weight is 373 g/mol. The summed E-state index contributed by atoms with van der Waals surface area (Å²) in [5, 5.41) is 4.72. The predicted octanol–water partition coefficient (Wildman–Crippen LogP) is 5.44. The summed E-state index contributed by atoms with van der Waals surface area (Å²) in [4.78, 5) is 13.9. The number of benzene rings is 1. The molecule has 1 aromatic rings. The highest BCUT2D eigenvalue weighted by Crippen LogP contribution is 2.29. The van der Waals surface area contributed by atoms with Crippen molar-refractivity contribution < 1.29 is 9.53 Å². The fourth-order valence-electron chi connectivity index (χ4n) is 2.88. The van der Waals surface area contributed by atoms with Gasteiger partial charge in [0.1, 0.15) is 5.60 Å². The van der Waals surface area contributed by atoms with Crippen LogP contribution in [0.3, 0.4) is 0 Å². The Hall–Kier alpha value is -1.13. The monoisotopic (exact) mass is 372 g/mol. The maximum atomic E-state index is 12.1. The summed E-state index contributed by atoms with van der Waals surface area (Å²) in [6, 6.07) is 5.73. The molecule has 0 bridgehead atoms. The average Bonchev–Trinajstić information content (AvgIpc) is 2.48. The van der Waals surface area contributed by atoms with E-state index in [0.29, 0.717) is 16.0 Å². The molecule has 0 radical (unpaired) electrons. The van der Waals surface area contributed by atoms with Crippen molar-refractivity contribution in [3.05, 3.63) is 28.2 Å². The summed E-state index contributed by atoms with van der Waals surface area (Å²) in [6.45, 7) is 9.26. The van der Waals surface area contributed by atoms with E-state index in [1.54, 1.807) is 11.0 Å². The molecule has 1 aliphatic rings. The quantitative estimate of drug-likeness (QED) is 0.767. The van der Waals surface area contributed by atoms with Gasteiger partial charge in [0.2, 0.25) is 0 Å². The maximum Gasteiger partial charge on any atom is 0.410 e. The second-order valence-corrected chi connectivity index (χ2v) is 8.21. The van der Waals surface area contributed by atoms with Crippen LogP contribution >= 0.6 is 23.2 Å². The third kappa shape index (κ3) is 5.45. The molecule has 1 fully saturated rings. The molecule has 1 saturated heterocycles. The number of hydrogen-bond donors (Lipinski definition) is 1. The number of hydrogen-bond acceptors (Lipinski definition) is 3. The fourth-order valence-corrected chi connectivity index (χ4v) is 3.34. The molecule has 0 aliphatic carbocycles. The van der Waals surface area contributed by atoms with E-state index in [0.717, 1.165) is 31.6 Å². The number of likely N-dealkylation sites (tertiary alicyclic amines) is 1. The van der Waals surface area contributed by atoms with E-state index in [2.05, 4.69) is 12.2 Å². The minimum Gasteiger partial charge on any atom is -0.444 e. The summed E-state index contributed by atoms with van der Waals surface area (Å²) in [7, 11) is 0. The van der Waals surface area contributed by atoms with Crippen LogP contribution in [0.15, 0.2) is 18.2 Å². The first-order chi connectivity index (χ1) is 11.2. The Labute approximate surface area is 154 Å². The fraction of sp³-hybridized carbons (Fsp3) is 0.611. The number of nitrogens with one attached hydrogen (secondary N) is 1. The number of anilines is 1. The molecule has 1 N–H and O–H groups in total. The van der Waals surface area contributed by atoms with Crippen LogP contribution in [0, 0.1) is 5.92 Å². The van der Waals surface area contributed by atoms with Gasteiger partial charge in [0, 0.05) is 24.2 Å². The smallest absolute Gasteiger partial charge is 0.410 e. The minimum atomic E-state index is -0.450. The van der Waals surface area contributed by atoms with Crippen LogP contribution in [-0.4, -0.2) is 35.7 Å². The molecule has 0 spiro atoms. The van der Waals surface area contributed by atoms with Gasteiger partial charge >= 0.3 is 6.09 Å². The lowest BCUT2D eigenvalue weighted by Gasteiger charge is -2.36. The Kier molecular flexibility index (Phi) is 6.27. The van der Waals surface area contributed by atoms with E-state index in [9.17, 15) is 4.79 Å². The molecule has 4 nitrogen and oxygen atoms in total. The van der Waals surface area contributed by atoms with Gasteiger partial charge in [-0.25, -0.2) is 4.79 Å². The predicted molar refractivity (Wildman–Crippen MR) is 100 cm³/mol. The van der Waals surface area contributed by atoms with Gasteiger partial charge < -0.3 is 15.0 Å². The topological polar surface area (TPSA) is 41.6 Å². The van der Waals surface area contributed by atoms with E-state index in [1.165, 1.54) is 0 Å². The van der Waals surface area contributed by atoms with Crippen LogP contribution in [-0.2, 0) is 4.74 Å². The Balaban J connectivity index is 1.86. The van der Waals surface area contributed by atoms with Gasteiger partial charge in [0.25, 0.3) is 0 Å². The summed E-state index contributed by atoms with van der Waals surface area (Å²) in [6.07, 6.45) is 1.67. The van der Waals surface area contributed by atoms with Crippen molar-refractivity contribution in [1.29, 1.82) is 0 Å². The first-order valence-corrected chi connectivity index (χ1v) is 9.11. The second-order valence-electron chi connectivity index (χ2n) is 7.36. The molecule has 1 heterocycles. The first-order valence-electron chi connectivity index (χ1n) is 8.35. The zero-order valence-corrected chi connectivity index (χ0v) is 16.2. The van der Waals surface area contributed by atoms with E-state index in [4.69, 9.17) is 27.9 Å². The zero-order valence-electron chi connectivity index (χ0n) is 14.7. The molecule has 1 aliphatic heterocycles. The van der Waals surface area contributed by atoms with E-state index >= 15 is 0 Å². The van der Waals surface area contributed by atoms with Gasteiger partial charge in [-0.1, -0.05) is 23.2 Å². The summed E-state index contributed by atoms with van der Waals surface area (Å²) < 4.78 is 5.44. The van der Waals surface area contributed by atoms with Crippen LogP contribution in [0.2, 0.25) is 10.0 Å². The molecule has 0 aromatic heterocycles. The highest BCUT2D eigenvalue weighted by molar-refractivity contribution is 6.36. The molecular weight excluding hydrogens is 347 g/mol. The van der Waals surface area contributed by atoms with Crippen LogP contribution in [0.5, 0.6) is 0 Å². The number of amides is 1. The number of halogens is 2. The number of rotatable bonds is 3. The van der Waals surface area contributed by atoms with Gasteiger partial charge in [0.05, 0.1) is 10.7 Å². The van der Waals surface area contributed by atoms with Gasteiger partial charge in [-0.3, -0.25) is 0 Å². The van der Waals surface area contributed by atoms with Crippen LogP contribution in [0.4, 0.5) is 10.5 Å². The molecule has 24 heavy (non-hydrogen) atoms. The van der Waals surface area contributed by atoms with Crippen LogP contribution < -0.4 is 5.32 Å². The lowest BCUT2D eigenvalue weighted by Crippen LogP contribution is -2.44. The molecule has 1 unspecified atom stereocenters. The molecule has 2 rings (SSSR count). The molecular formula is C18H26Cl2N2O2. The Morgan fingerprint density at radius 1 is 1.29 bits per heavy atom. The van der Waals surface area contributed by atoms with Gasteiger partial charge in [0.15, 0.2) is 0 Å². The van der Waals surface area contributed by atoms with E-state index in [1.807, 2.05) is 32.9 Å². The van der Waals surface area contributed by atoms with Gasteiger partial charge in [-0.2, -0.15) is 0 Å². The van der Waals surface area contributed by atoms with Gasteiger partial charge in [-0.15, -0.1) is 0 Å². The SMILES string of the molecule is CC(Nc1ccc(Cl)cc1Cl)C1CCN(C(=O)OC(C)(C)C)CC1. The number of carbonyl (C=O) groups is 1. The van der Waals surface area contributed by atoms with E-state index in [-0.39, 0.29) is 12.1 Å². The number of nitrogens with zero attached hydrogens (tertiary/aromatic N) is 1. The highest BCUT2D eigenvalue weighted by Gasteiger charge is 2.29. The lowest BCUT2D eigenvalue weighted by atomic mass is 9.90. The summed E-state index contributed by atoms with van der Waals surface area (Å²) >= 11 is 12.2. The molecule has 6 heteroatoms. The van der Waals surface area contributed by atoms with Crippen molar-refractivity contribution >= 4 is 35.0 Å². The molecule has 0 saturated carbocycles. The standard InChI is InChI=1S/C18H26Cl2N2O2/c1-12(21-16-6-5-14(19)11-15(16)20)13-7-9-22(10-8-13)17(23)24-18(2,3)4/h5-6,11-13,21H,7-10H2,1-4H3. The summed E-state index contributed by atoms with van der Waals surface area (Å²) in [5.41, 5.74) is 0.442. The van der Waals surface area contributed by atoms with Crippen molar-refractivity contribution in [3.8, 4) is 0 Å². The number of piperidine rings is 1. The number of carbonyl (C=O) groups excluding carboxylic acids is 1. The second kappa shape index (κ2) is 7.83. The Bertz CT molecular complexity index is 579.